The summed E-state index contributed by atoms with van der Waals surface area (Å²) >= 11 is 1.87. The van der Waals surface area contributed by atoms with Gasteiger partial charge in [0.1, 0.15) is 5.69 Å². The van der Waals surface area contributed by atoms with E-state index in [4.69, 9.17) is 10.5 Å². The van der Waals surface area contributed by atoms with Gasteiger partial charge in [-0.05, 0) is 43.7 Å². The Morgan fingerprint density at radius 1 is 1.43 bits per heavy atom. The number of nitrogens with two attached hydrogens (primary N) is 1. The summed E-state index contributed by atoms with van der Waals surface area (Å²) in [5.74, 6) is 0.794. The number of ether oxygens (including phenoxy) is 1. The first-order valence-electron chi connectivity index (χ1n) is 7.71. The number of aryl methyl sites for hydroxylation is 3. The van der Waals surface area contributed by atoms with Crippen LogP contribution in [0.15, 0.2) is 12.3 Å². The lowest BCUT2D eigenvalue weighted by molar-refractivity contribution is 0.404. The minimum Gasteiger partial charge on any atom is -0.493 e. The average molecular weight is 305 g/mol. The van der Waals surface area contributed by atoms with Gasteiger partial charge < -0.3 is 10.5 Å². The molecule has 4 nitrogen and oxygen atoms in total. The van der Waals surface area contributed by atoms with E-state index in [0.717, 1.165) is 24.4 Å². The number of rotatable bonds is 5. The van der Waals surface area contributed by atoms with E-state index in [2.05, 4.69) is 18.1 Å². The van der Waals surface area contributed by atoms with Gasteiger partial charge in [-0.2, -0.15) is 5.10 Å². The molecule has 0 fully saturated rings. The zero-order valence-electron chi connectivity index (χ0n) is 12.8. The van der Waals surface area contributed by atoms with Crippen LogP contribution in [0.1, 0.15) is 53.2 Å². The predicted octanol–water partition coefficient (Wildman–Crippen LogP) is 3.29. The minimum absolute atomic E-state index is 0.149. The van der Waals surface area contributed by atoms with Crippen LogP contribution in [0.2, 0.25) is 0 Å². The summed E-state index contributed by atoms with van der Waals surface area (Å²) in [4.78, 5) is 2.75. The molecule has 21 heavy (non-hydrogen) atoms. The molecule has 1 aliphatic rings. The Bertz CT molecular complexity index is 594. The normalized spacial score (nSPS) is 15.8. The van der Waals surface area contributed by atoms with Crippen molar-refractivity contribution in [2.24, 2.45) is 5.73 Å². The molecule has 0 bridgehead atoms. The van der Waals surface area contributed by atoms with Crippen LogP contribution >= 0.6 is 11.3 Å². The highest BCUT2D eigenvalue weighted by atomic mass is 32.1. The molecule has 2 N–H and O–H groups in total. The summed E-state index contributed by atoms with van der Waals surface area (Å²) in [7, 11) is 1.68. The fraction of sp³-hybridized carbons (Fsp3) is 0.562. The van der Waals surface area contributed by atoms with Gasteiger partial charge in [-0.1, -0.05) is 6.92 Å². The Hall–Kier alpha value is -1.33. The fourth-order valence-corrected chi connectivity index (χ4v) is 4.30. The SMILES string of the molecule is CCCn1ncc(OC)c1C(N)c1cc2c(s1)CCCC2. The van der Waals surface area contributed by atoms with E-state index in [1.54, 1.807) is 13.3 Å². The standard InChI is InChI=1S/C16H23N3OS/c1-3-8-19-16(12(20-2)10-18-19)15(17)14-9-11-6-4-5-7-13(11)21-14/h9-10,15H,3-8,17H2,1-2H3. The monoisotopic (exact) mass is 305 g/mol. The van der Waals surface area contributed by atoms with Gasteiger partial charge in [0.2, 0.25) is 0 Å². The maximum Gasteiger partial charge on any atom is 0.161 e. The second-order valence-corrected chi connectivity index (χ2v) is 6.77. The van der Waals surface area contributed by atoms with Gasteiger partial charge in [0, 0.05) is 16.3 Å². The topological polar surface area (TPSA) is 53.1 Å². The van der Waals surface area contributed by atoms with E-state index in [1.807, 2.05) is 16.0 Å². The smallest absolute Gasteiger partial charge is 0.161 e. The van der Waals surface area contributed by atoms with Gasteiger partial charge >= 0.3 is 0 Å². The van der Waals surface area contributed by atoms with Crippen LogP contribution in [-0.4, -0.2) is 16.9 Å². The van der Waals surface area contributed by atoms with Crippen molar-refractivity contribution in [2.45, 2.75) is 51.6 Å². The molecule has 1 unspecified atom stereocenters. The van der Waals surface area contributed by atoms with Crippen molar-refractivity contribution < 1.29 is 4.74 Å². The lowest BCUT2D eigenvalue weighted by Gasteiger charge is -2.14. The molecule has 0 aliphatic heterocycles. The van der Waals surface area contributed by atoms with Crippen molar-refractivity contribution >= 4 is 11.3 Å². The first-order chi connectivity index (χ1) is 10.2. The van der Waals surface area contributed by atoms with Crippen molar-refractivity contribution in [3.63, 3.8) is 0 Å². The summed E-state index contributed by atoms with van der Waals surface area (Å²) in [6.07, 6.45) is 7.82. The van der Waals surface area contributed by atoms with E-state index in [9.17, 15) is 0 Å². The van der Waals surface area contributed by atoms with Crippen LogP contribution in [0, 0.1) is 0 Å². The summed E-state index contributed by atoms with van der Waals surface area (Å²) in [6, 6.07) is 2.15. The highest BCUT2D eigenvalue weighted by Gasteiger charge is 2.23. The third kappa shape index (κ3) is 2.72. The lowest BCUT2D eigenvalue weighted by atomic mass is 9.98. The number of fused-ring (bicyclic) bond motifs is 1. The van der Waals surface area contributed by atoms with Crippen molar-refractivity contribution in [1.82, 2.24) is 9.78 Å². The minimum atomic E-state index is -0.149. The Morgan fingerprint density at radius 2 is 2.24 bits per heavy atom. The second kappa shape index (κ2) is 6.20. The molecule has 1 atom stereocenters. The van der Waals surface area contributed by atoms with E-state index in [0.29, 0.717) is 0 Å². The molecule has 1 aliphatic carbocycles. The average Bonchev–Trinajstić information content (AvgIpc) is 3.10. The summed E-state index contributed by atoms with van der Waals surface area (Å²) in [5.41, 5.74) is 9.05. The molecule has 2 heterocycles. The van der Waals surface area contributed by atoms with Crippen molar-refractivity contribution in [1.29, 1.82) is 0 Å². The summed E-state index contributed by atoms with van der Waals surface area (Å²) in [6.45, 7) is 3.02. The van der Waals surface area contributed by atoms with Crippen molar-refractivity contribution in [3.05, 3.63) is 33.3 Å². The third-order valence-corrected chi connectivity index (χ3v) is 5.44. The second-order valence-electron chi connectivity index (χ2n) is 5.60. The molecule has 2 aromatic heterocycles. The third-order valence-electron chi connectivity index (χ3n) is 4.12. The molecule has 3 rings (SSSR count). The molecular weight excluding hydrogens is 282 g/mol. The lowest BCUT2D eigenvalue weighted by Crippen LogP contribution is -2.17. The van der Waals surface area contributed by atoms with Gasteiger partial charge in [-0.15, -0.1) is 11.3 Å². The Morgan fingerprint density at radius 3 is 2.95 bits per heavy atom. The first-order valence-corrected chi connectivity index (χ1v) is 8.53. The van der Waals surface area contributed by atoms with Crippen LogP contribution < -0.4 is 10.5 Å². The zero-order chi connectivity index (χ0) is 14.8. The van der Waals surface area contributed by atoms with Gasteiger partial charge in [-0.3, -0.25) is 4.68 Å². The molecule has 0 spiro atoms. The van der Waals surface area contributed by atoms with Crippen LogP contribution in [0.25, 0.3) is 0 Å². The van der Waals surface area contributed by atoms with E-state index < -0.39 is 0 Å². The molecular formula is C16H23N3OS. The maximum absolute atomic E-state index is 6.55. The molecule has 114 valence electrons. The zero-order valence-corrected chi connectivity index (χ0v) is 13.6. The molecule has 2 aromatic rings. The van der Waals surface area contributed by atoms with Gasteiger partial charge in [0.15, 0.2) is 5.75 Å². The van der Waals surface area contributed by atoms with Gasteiger partial charge in [-0.25, -0.2) is 0 Å². The molecule has 0 aromatic carbocycles. The van der Waals surface area contributed by atoms with Gasteiger partial charge in [0.05, 0.1) is 19.3 Å². The Balaban J connectivity index is 1.95. The van der Waals surface area contributed by atoms with Crippen LogP contribution in [-0.2, 0) is 19.4 Å². The maximum atomic E-state index is 6.55. The van der Waals surface area contributed by atoms with E-state index >= 15 is 0 Å². The van der Waals surface area contributed by atoms with Crippen LogP contribution in [0.5, 0.6) is 5.75 Å². The molecule has 5 heteroatoms. The van der Waals surface area contributed by atoms with Crippen molar-refractivity contribution in [3.8, 4) is 5.75 Å². The summed E-state index contributed by atoms with van der Waals surface area (Å²) in [5, 5.41) is 4.42. The number of hydrogen-bond acceptors (Lipinski definition) is 4. The molecule has 0 radical (unpaired) electrons. The largest absolute Gasteiger partial charge is 0.493 e. The highest BCUT2D eigenvalue weighted by molar-refractivity contribution is 7.12. The van der Waals surface area contributed by atoms with Crippen LogP contribution in [0.3, 0.4) is 0 Å². The predicted molar refractivity (Wildman–Crippen MR) is 86.1 cm³/mol. The van der Waals surface area contributed by atoms with Crippen LogP contribution in [0.4, 0.5) is 0 Å². The fourth-order valence-electron chi connectivity index (χ4n) is 3.04. The Kier molecular flexibility index (Phi) is 4.31. The molecule has 0 saturated heterocycles. The number of thiophene rings is 1. The van der Waals surface area contributed by atoms with E-state index in [-0.39, 0.29) is 6.04 Å². The first kappa shape index (κ1) is 14.6. The number of nitrogens with zero attached hydrogens (tertiary/aromatic N) is 2. The highest BCUT2D eigenvalue weighted by Crippen LogP contribution is 2.36. The number of hydrogen-bond donors (Lipinski definition) is 1. The number of aromatic nitrogens is 2. The molecule has 0 amide bonds. The quantitative estimate of drug-likeness (QED) is 0.922. The summed E-state index contributed by atoms with van der Waals surface area (Å²) < 4.78 is 7.45. The van der Waals surface area contributed by atoms with E-state index in [1.165, 1.54) is 41.0 Å². The Labute approximate surface area is 129 Å². The number of methoxy groups -OCH3 is 1. The van der Waals surface area contributed by atoms with Crippen molar-refractivity contribution in [2.75, 3.05) is 7.11 Å². The van der Waals surface area contributed by atoms with Gasteiger partial charge in [0.25, 0.3) is 0 Å². The molecule has 0 saturated carbocycles.